The summed E-state index contributed by atoms with van der Waals surface area (Å²) < 4.78 is 13.5. The molecule has 6 aromatic rings. The second kappa shape index (κ2) is 9.31. The van der Waals surface area contributed by atoms with Crippen molar-refractivity contribution in [2.75, 3.05) is 0 Å². The number of nitrogens with zero attached hydrogens (tertiary/aromatic N) is 2. The van der Waals surface area contributed by atoms with Crippen LogP contribution in [0.3, 0.4) is 0 Å². The predicted octanol–water partition coefficient (Wildman–Crippen LogP) is 7.82. The minimum absolute atomic E-state index is 0. The summed E-state index contributed by atoms with van der Waals surface area (Å²) in [6.07, 6.45) is 2.02. The third-order valence-corrected chi connectivity index (χ3v) is 7.71. The first-order chi connectivity index (χ1) is 16.3. The Labute approximate surface area is 208 Å². The van der Waals surface area contributed by atoms with E-state index in [4.69, 9.17) is 6.11 Å². The summed E-state index contributed by atoms with van der Waals surface area (Å²) in [5.74, 6) is 0.928. The summed E-state index contributed by atoms with van der Waals surface area (Å²) in [4.78, 5) is 8.78. The van der Waals surface area contributed by atoms with Gasteiger partial charge >= 0.3 is 21.1 Å². The Hall–Kier alpha value is -3.25. The number of hydrogen-bond donors (Lipinski definition) is 0. The van der Waals surface area contributed by atoms with Crippen molar-refractivity contribution in [2.45, 2.75) is 0 Å². The number of benzene rings is 3. The maximum Gasteiger partial charge on any atom is 2.00 e. The Balaban J connectivity index is 0.00000241. The van der Waals surface area contributed by atoms with Gasteiger partial charge in [0.1, 0.15) is 0 Å². The molecule has 0 aliphatic rings. The van der Waals surface area contributed by atoms with Gasteiger partial charge in [-0.1, -0.05) is 54.4 Å². The van der Waals surface area contributed by atoms with Crippen LogP contribution in [-0.2, 0) is 21.1 Å². The SMILES string of the molecule is [2H]c1cccc(Oc2[c-]c(-c3[c-]c4c(cc3)c3ccccc3p4-c3ccccn3)ccc2)n1.[Pt+2]. The van der Waals surface area contributed by atoms with Gasteiger partial charge in [-0.05, 0) is 28.7 Å². The Morgan fingerprint density at radius 1 is 0.727 bits per heavy atom. The van der Waals surface area contributed by atoms with Crippen LogP contribution in [0.4, 0.5) is 0 Å². The molecule has 0 bridgehead atoms. The van der Waals surface area contributed by atoms with Crippen molar-refractivity contribution in [1.29, 1.82) is 0 Å². The van der Waals surface area contributed by atoms with E-state index in [-0.39, 0.29) is 27.2 Å². The normalized spacial score (nSPS) is 11.8. The number of rotatable bonds is 4. The van der Waals surface area contributed by atoms with Gasteiger partial charge in [0.25, 0.3) is 0 Å². The number of aromatic nitrogens is 2. The molecule has 3 aromatic carbocycles. The van der Waals surface area contributed by atoms with Crippen LogP contribution in [0.1, 0.15) is 1.37 Å². The first-order valence-electron chi connectivity index (χ1n) is 10.8. The van der Waals surface area contributed by atoms with Gasteiger partial charge in [-0.25, -0.2) is 16.1 Å². The van der Waals surface area contributed by atoms with Crippen LogP contribution in [-0.4, -0.2) is 9.97 Å². The Bertz CT molecular complexity index is 1620. The Morgan fingerprint density at radius 3 is 2.45 bits per heavy atom. The molecule has 1 atom stereocenters. The van der Waals surface area contributed by atoms with Crippen molar-refractivity contribution in [3.05, 3.63) is 115 Å². The average Bonchev–Trinajstić information content (AvgIpc) is 3.18. The van der Waals surface area contributed by atoms with Gasteiger partial charge in [0.15, 0.2) is 0 Å². The fourth-order valence-corrected chi connectivity index (χ4v) is 6.39. The quantitative estimate of drug-likeness (QED) is 0.188. The van der Waals surface area contributed by atoms with Gasteiger partial charge in [-0.3, -0.25) is 4.98 Å². The zero-order valence-corrected chi connectivity index (χ0v) is 20.5. The average molecular weight is 625 g/mol. The zero-order valence-electron chi connectivity index (χ0n) is 18.3. The second-order valence-electron chi connectivity index (χ2n) is 7.31. The number of pyridine rings is 2. The molecule has 0 N–H and O–H groups in total. The molecule has 3 heterocycles. The molecule has 33 heavy (non-hydrogen) atoms. The molecule has 0 amide bonds. The monoisotopic (exact) mass is 624 g/mol. The molecule has 6 rings (SSSR count). The minimum atomic E-state index is -0.772. The summed E-state index contributed by atoms with van der Waals surface area (Å²) in [7, 11) is -0.772. The largest absolute Gasteiger partial charge is 2.00 e. The van der Waals surface area contributed by atoms with E-state index in [9.17, 15) is 0 Å². The molecule has 1 unspecified atom stereocenters. The summed E-state index contributed by atoms with van der Waals surface area (Å²) in [5.41, 5.74) is 2.93. The van der Waals surface area contributed by atoms with Crippen LogP contribution in [0.5, 0.6) is 11.6 Å². The van der Waals surface area contributed by atoms with Crippen LogP contribution in [0.25, 0.3) is 37.6 Å². The minimum Gasteiger partial charge on any atom is -0.460 e. The maximum absolute atomic E-state index is 7.68. The van der Waals surface area contributed by atoms with Crippen molar-refractivity contribution >= 4 is 28.5 Å². The van der Waals surface area contributed by atoms with Crippen LogP contribution < -0.4 is 4.74 Å². The maximum atomic E-state index is 7.68. The molecule has 0 spiro atoms. The molecular formula is C28H17N2OPPt. The van der Waals surface area contributed by atoms with Crippen molar-refractivity contribution in [3.8, 4) is 28.2 Å². The molecule has 3 aromatic heterocycles. The molecular weight excluding hydrogens is 606 g/mol. The van der Waals surface area contributed by atoms with Crippen LogP contribution in [0.2, 0.25) is 0 Å². The van der Waals surface area contributed by atoms with E-state index >= 15 is 0 Å². The fourth-order valence-electron chi connectivity index (χ4n) is 3.92. The van der Waals surface area contributed by atoms with Crippen LogP contribution in [0, 0.1) is 12.1 Å². The zero-order chi connectivity index (χ0) is 22.2. The van der Waals surface area contributed by atoms with Crippen LogP contribution >= 0.6 is 7.53 Å². The summed E-state index contributed by atoms with van der Waals surface area (Å²) in [6, 6.07) is 36.8. The molecule has 0 fully saturated rings. The molecule has 5 heteroatoms. The van der Waals surface area contributed by atoms with Gasteiger partial charge in [0, 0.05) is 24.2 Å². The topological polar surface area (TPSA) is 35.0 Å². The van der Waals surface area contributed by atoms with E-state index in [0.29, 0.717) is 11.6 Å². The predicted molar refractivity (Wildman–Crippen MR) is 131 cm³/mol. The van der Waals surface area contributed by atoms with E-state index in [2.05, 4.69) is 64.6 Å². The molecule has 0 saturated carbocycles. The summed E-state index contributed by atoms with van der Waals surface area (Å²) in [5, 5.41) is 4.98. The van der Waals surface area contributed by atoms with Crippen LogP contribution in [0.15, 0.2) is 103 Å². The first kappa shape index (κ1) is 20.4. The third kappa shape index (κ3) is 4.11. The van der Waals surface area contributed by atoms with Gasteiger partial charge in [-0.15, -0.1) is 18.2 Å². The van der Waals surface area contributed by atoms with Gasteiger partial charge in [-0.2, -0.15) is 24.3 Å². The Kier molecular flexibility index (Phi) is 5.75. The molecule has 0 aliphatic heterocycles. The van der Waals surface area contributed by atoms with Crippen molar-refractivity contribution in [3.63, 3.8) is 0 Å². The van der Waals surface area contributed by atoms with Crippen molar-refractivity contribution in [1.82, 2.24) is 9.97 Å². The summed E-state index contributed by atoms with van der Waals surface area (Å²) in [6.45, 7) is 0. The van der Waals surface area contributed by atoms with E-state index in [0.717, 1.165) is 16.6 Å². The van der Waals surface area contributed by atoms with Crippen molar-refractivity contribution in [2.24, 2.45) is 0 Å². The van der Waals surface area contributed by atoms with Crippen molar-refractivity contribution < 1.29 is 27.2 Å². The van der Waals surface area contributed by atoms with Gasteiger partial charge < -0.3 is 4.74 Å². The van der Waals surface area contributed by atoms with Gasteiger partial charge in [0.05, 0.1) is 6.81 Å². The number of hydrogen-bond acceptors (Lipinski definition) is 3. The van der Waals surface area contributed by atoms with E-state index in [1.165, 1.54) is 21.0 Å². The number of fused-ring (bicyclic) bond motifs is 3. The molecule has 0 saturated heterocycles. The molecule has 160 valence electrons. The third-order valence-electron chi connectivity index (χ3n) is 5.32. The van der Waals surface area contributed by atoms with E-state index < -0.39 is 7.53 Å². The molecule has 0 radical (unpaired) electrons. The smallest absolute Gasteiger partial charge is 0.460 e. The van der Waals surface area contributed by atoms with E-state index in [1.54, 1.807) is 18.2 Å². The van der Waals surface area contributed by atoms with E-state index in [1.807, 2.05) is 36.5 Å². The fraction of sp³-hybridized carbons (Fsp3) is 0. The first-order valence-corrected chi connectivity index (χ1v) is 11.6. The number of ether oxygens (including phenoxy) is 1. The molecule has 3 nitrogen and oxygen atoms in total. The second-order valence-corrected chi connectivity index (χ2v) is 9.37. The van der Waals surface area contributed by atoms with Gasteiger partial charge in [0.2, 0.25) is 5.88 Å². The standard InChI is InChI=1S/C28H17N2OP.Pt/c1-2-11-25-23(10-1)24-15-14-21(19-26(24)32(25)28-13-4-6-17-30-28)20-8-7-9-22(18-20)31-27-12-3-5-16-29-27;/h1-17H;/q-2;+2/i16D;. The Morgan fingerprint density at radius 2 is 1.58 bits per heavy atom. The molecule has 0 aliphatic carbocycles. The summed E-state index contributed by atoms with van der Waals surface area (Å²) >= 11 is 0.